The van der Waals surface area contributed by atoms with E-state index < -0.39 is 5.41 Å². The Balaban J connectivity index is 1.56. The van der Waals surface area contributed by atoms with Crippen LogP contribution in [0, 0.1) is 5.41 Å². The molecule has 1 aromatic carbocycles. The number of hydrogen-bond donors (Lipinski definition) is 2. The second-order valence-electron chi connectivity index (χ2n) is 10.5. The van der Waals surface area contributed by atoms with Crippen LogP contribution in [0.25, 0.3) is 0 Å². The van der Waals surface area contributed by atoms with E-state index in [0.29, 0.717) is 23.1 Å². The summed E-state index contributed by atoms with van der Waals surface area (Å²) in [6.45, 7) is 6.25. The van der Waals surface area contributed by atoms with Crippen molar-refractivity contribution in [3.05, 3.63) is 102 Å². The first-order valence-electron chi connectivity index (χ1n) is 12.8. The van der Waals surface area contributed by atoms with Gasteiger partial charge in [-0.2, -0.15) is 0 Å². The van der Waals surface area contributed by atoms with E-state index in [1.165, 1.54) is 0 Å². The number of hydrogen-bond acceptors (Lipinski definition) is 5. The highest BCUT2D eigenvalue weighted by atomic mass is 32.1. The minimum Gasteiger partial charge on any atom is -0.494 e. The molecule has 39 heavy (non-hydrogen) atoms. The quantitative estimate of drug-likeness (QED) is 0.300. The average molecular weight is 541 g/mol. The van der Waals surface area contributed by atoms with Crippen molar-refractivity contribution in [2.24, 2.45) is 5.41 Å². The number of nitrogens with zero attached hydrogens (tertiary/aromatic N) is 4. The van der Waals surface area contributed by atoms with Gasteiger partial charge < -0.3 is 24.8 Å². The molecule has 4 heterocycles. The molecule has 0 bridgehead atoms. The molecule has 9 heteroatoms. The van der Waals surface area contributed by atoms with Crippen molar-refractivity contribution < 1.29 is 9.53 Å². The van der Waals surface area contributed by atoms with E-state index in [9.17, 15) is 4.79 Å². The molecule has 2 atom stereocenters. The van der Waals surface area contributed by atoms with Gasteiger partial charge in [0.05, 0.1) is 36.8 Å². The molecule has 5 rings (SSSR count). The van der Waals surface area contributed by atoms with Crippen LogP contribution in [0.15, 0.2) is 85.3 Å². The van der Waals surface area contributed by atoms with Crippen molar-refractivity contribution in [1.82, 2.24) is 19.9 Å². The summed E-state index contributed by atoms with van der Waals surface area (Å²) in [5.74, 6) is 0.462. The first kappa shape index (κ1) is 26.4. The van der Waals surface area contributed by atoms with Gasteiger partial charge in [0.1, 0.15) is 11.8 Å². The molecular formula is C30H32N6O2S. The van der Waals surface area contributed by atoms with Crippen molar-refractivity contribution >= 4 is 34.6 Å². The number of pyridine rings is 2. The van der Waals surface area contributed by atoms with Crippen molar-refractivity contribution in [3.63, 3.8) is 0 Å². The van der Waals surface area contributed by atoms with Gasteiger partial charge in [-0.1, -0.05) is 32.9 Å². The lowest BCUT2D eigenvalue weighted by molar-refractivity contribution is -0.123. The molecule has 0 spiro atoms. The van der Waals surface area contributed by atoms with Gasteiger partial charge >= 0.3 is 0 Å². The first-order valence-corrected chi connectivity index (χ1v) is 13.2. The standard InChI is InChI=1S/C30H32N6O2S/c1-30(2,3)28(37)33-22-14-13-21(18-25(22)38-4)36-27(26(34-29(36)39)23-11-6-8-16-32-23)24-12-9-17-35(24)19-20-10-5-7-15-31-20/h5-18,26-27H,19H2,1-4H3,(H,33,37)(H,34,39)/t26-,27-/m0/s1. The fraction of sp³-hybridized carbons (Fsp3) is 0.267. The lowest BCUT2D eigenvalue weighted by atomic mass is 9.95. The minimum atomic E-state index is -0.538. The van der Waals surface area contributed by atoms with E-state index in [0.717, 1.165) is 22.8 Å². The number of benzene rings is 1. The molecule has 8 nitrogen and oxygen atoms in total. The van der Waals surface area contributed by atoms with Crippen LogP contribution in [0.3, 0.4) is 0 Å². The third-order valence-electron chi connectivity index (χ3n) is 6.72. The van der Waals surface area contributed by atoms with Crippen LogP contribution in [-0.4, -0.2) is 32.7 Å². The average Bonchev–Trinajstić information content (AvgIpc) is 3.52. The fourth-order valence-corrected chi connectivity index (χ4v) is 5.03. The number of carbonyl (C=O) groups excluding carboxylic acids is 1. The van der Waals surface area contributed by atoms with Gasteiger partial charge in [-0.15, -0.1) is 0 Å². The molecule has 3 aromatic heterocycles. The zero-order chi connectivity index (χ0) is 27.6. The van der Waals surface area contributed by atoms with E-state index in [2.05, 4.69) is 42.3 Å². The molecule has 1 aliphatic rings. The number of thiocarbonyl (C=S) groups is 1. The Labute approximate surface area is 234 Å². The summed E-state index contributed by atoms with van der Waals surface area (Å²) in [5.41, 5.74) is 3.82. The van der Waals surface area contributed by atoms with Gasteiger partial charge in [-0.3, -0.25) is 14.8 Å². The van der Waals surface area contributed by atoms with Crippen LogP contribution >= 0.6 is 12.2 Å². The summed E-state index contributed by atoms with van der Waals surface area (Å²) in [6.07, 6.45) is 5.66. The van der Waals surface area contributed by atoms with E-state index >= 15 is 0 Å². The number of nitrogens with one attached hydrogen (secondary N) is 2. The molecule has 1 fully saturated rings. The number of methoxy groups -OCH3 is 1. The third-order valence-corrected chi connectivity index (χ3v) is 7.03. The number of aromatic nitrogens is 3. The molecular weight excluding hydrogens is 508 g/mol. The molecule has 0 saturated carbocycles. The van der Waals surface area contributed by atoms with Crippen molar-refractivity contribution in [3.8, 4) is 5.75 Å². The Hall–Kier alpha value is -4.24. The number of anilines is 2. The Morgan fingerprint density at radius 1 is 1.05 bits per heavy atom. The highest BCUT2D eigenvalue weighted by Crippen LogP contribution is 2.43. The van der Waals surface area contributed by atoms with E-state index in [1.807, 2.05) is 81.4 Å². The van der Waals surface area contributed by atoms with Crippen LogP contribution in [0.1, 0.15) is 49.9 Å². The van der Waals surface area contributed by atoms with Gasteiger partial charge in [0.15, 0.2) is 5.11 Å². The lowest BCUT2D eigenvalue weighted by Crippen LogP contribution is -2.31. The second kappa shape index (κ2) is 10.9. The monoisotopic (exact) mass is 540 g/mol. The zero-order valence-electron chi connectivity index (χ0n) is 22.5. The normalized spacial score (nSPS) is 17.1. The first-order chi connectivity index (χ1) is 18.8. The SMILES string of the molecule is COc1cc(N2C(=S)N[C@@H](c3ccccn3)[C@@H]2c2cccn2Cc2ccccn2)ccc1NC(=O)C(C)(C)C. The Bertz CT molecular complexity index is 1470. The van der Waals surface area contributed by atoms with Gasteiger partial charge in [-0.25, -0.2) is 0 Å². The largest absolute Gasteiger partial charge is 0.494 e. The molecule has 1 aliphatic heterocycles. The summed E-state index contributed by atoms with van der Waals surface area (Å²) < 4.78 is 7.90. The topological polar surface area (TPSA) is 84.3 Å². The fourth-order valence-electron chi connectivity index (χ4n) is 4.68. The molecule has 0 radical (unpaired) electrons. The predicted molar refractivity (Wildman–Crippen MR) is 157 cm³/mol. The van der Waals surface area contributed by atoms with Gasteiger partial charge in [0, 0.05) is 41.5 Å². The summed E-state index contributed by atoms with van der Waals surface area (Å²) in [4.78, 5) is 23.9. The van der Waals surface area contributed by atoms with Crippen LogP contribution in [-0.2, 0) is 11.3 Å². The summed E-state index contributed by atoms with van der Waals surface area (Å²) >= 11 is 5.91. The summed E-state index contributed by atoms with van der Waals surface area (Å²) in [7, 11) is 1.60. The predicted octanol–water partition coefficient (Wildman–Crippen LogP) is 5.50. The number of rotatable bonds is 7. The number of carbonyl (C=O) groups is 1. The maximum absolute atomic E-state index is 12.7. The summed E-state index contributed by atoms with van der Waals surface area (Å²) in [6, 6.07) is 21.3. The van der Waals surface area contributed by atoms with Gasteiger partial charge in [0.2, 0.25) is 5.91 Å². The number of amides is 1. The van der Waals surface area contributed by atoms with E-state index in [4.69, 9.17) is 17.0 Å². The van der Waals surface area contributed by atoms with Crippen LogP contribution in [0.5, 0.6) is 5.75 Å². The Kier molecular flexibility index (Phi) is 7.34. The summed E-state index contributed by atoms with van der Waals surface area (Å²) in [5, 5.41) is 7.07. The van der Waals surface area contributed by atoms with E-state index in [1.54, 1.807) is 19.5 Å². The molecule has 1 amide bonds. The number of ether oxygens (including phenoxy) is 1. The smallest absolute Gasteiger partial charge is 0.229 e. The molecule has 0 unspecified atom stereocenters. The van der Waals surface area contributed by atoms with Crippen molar-refractivity contribution in [2.45, 2.75) is 39.4 Å². The lowest BCUT2D eigenvalue weighted by Gasteiger charge is -2.29. The molecule has 2 N–H and O–H groups in total. The van der Waals surface area contributed by atoms with E-state index in [-0.39, 0.29) is 18.0 Å². The second-order valence-corrected chi connectivity index (χ2v) is 10.9. The van der Waals surface area contributed by atoms with Gasteiger partial charge in [0.25, 0.3) is 0 Å². The molecule has 1 saturated heterocycles. The highest BCUT2D eigenvalue weighted by Gasteiger charge is 2.42. The van der Waals surface area contributed by atoms with Crippen molar-refractivity contribution in [1.29, 1.82) is 0 Å². The molecule has 4 aromatic rings. The van der Waals surface area contributed by atoms with Crippen LogP contribution in [0.2, 0.25) is 0 Å². The third kappa shape index (κ3) is 5.49. The van der Waals surface area contributed by atoms with Crippen LogP contribution < -0.4 is 20.3 Å². The zero-order valence-corrected chi connectivity index (χ0v) is 23.3. The maximum atomic E-state index is 12.7. The van der Waals surface area contributed by atoms with Gasteiger partial charge in [-0.05, 0) is 60.7 Å². The highest BCUT2D eigenvalue weighted by molar-refractivity contribution is 7.80. The van der Waals surface area contributed by atoms with Crippen molar-refractivity contribution in [2.75, 3.05) is 17.3 Å². The van der Waals surface area contributed by atoms with Crippen LogP contribution in [0.4, 0.5) is 11.4 Å². The molecule has 0 aliphatic carbocycles. The maximum Gasteiger partial charge on any atom is 0.229 e. The Morgan fingerprint density at radius 3 is 2.49 bits per heavy atom. The minimum absolute atomic E-state index is 0.0904. The molecule has 200 valence electrons. The Morgan fingerprint density at radius 2 is 1.82 bits per heavy atom.